The van der Waals surface area contributed by atoms with Gasteiger partial charge in [0.15, 0.2) is 0 Å². The van der Waals surface area contributed by atoms with Gasteiger partial charge in [0.25, 0.3) is 0 Å². The lowest BCUT2D eigenvalue weighted by molar-refractivity contribution is 1.20. The maximum Gasteiger partial charge on any atom is 0.0701 e. The summed E-state index contributed by atoms with van der Waals surface area (Å²) in [6, 6.07) is 52.3. The van der Waals surface area contributed by atoms with Crippen molar-refractivity contribution in [3.8, 4) is 39.2 Å². The molecule has 6 aromatic carbocycles. The van der Waals surface area contributed by atoms with Crippen LogP contribution >= 0.6 is 0 Å². The van der Waals surface area contributed by atoms with Gasteiger partial charge in [-0.1, -0.05) is 109 Å². The van der Waals surface area contributed by atoms with E-state index in [9.17, 15) is 0 Å². The van der Waals surface area contributed by atoms with E-state index in [4.69, 9.17) is 0 Å². The van der Waals surface area contributed by atoms with Crippen molar-refractivity contribution in [3.05, 3.63) is 164 Å². The minimum absolute atomic E-state index is 0.984. The highest BCUT2D eigenvalue weighted by Crippen LogP contribution is 2.40. The van der Waals surface area contributed by atoms with Crippen LogP contribution in [0.4, 0.5) is 0 Å². The van der Waals surface area contributed by atoms with E-state index in [1.165, 1.54) is 60.2 Å². The van der Waals surface area contributed by atoms with E-state index in [2.05, 4.69) is 136 Å². The molecule has 0 N–H and O–H groups in total. The van der Waals surface area contributed by atoms with Crippen LogP contribution in [-0.2, 0) is 0 Å². The van der Waals surface area contributed by atoms with E-state index in [1.54, 1.807) is 0 Å². The van der Waals surface area contributed by atoms with Crippen LogP contribution in [0.15, 0.2) is 164 Å². The lowest BCUT2D eigenvalue weighted by Gasteiger charge is -2.14. The van der Waals surface area contributed by atoms with Crippen molar-refractivity contribution in [3.63, 3.8) is 0 Å². The smallest absolute Gasteiger partial charge is 0.0701 e. The second-order valence-electron chi connectivity index (χ2n) is 11.5. The molecule has 3 heterocycles. The molecule has 0 saturated heterocycles. The predicted molar refractivity (Wildman–Crippen MR) is 188 cm³/mol. The normalized spacial score (nSPS) is 11.6. The van der Waals surface area contributed by atoms with Crippen molar-refractivity contribution in [2.45, 2.75) is 0 Å². The van der Waals surface area contributed by atoms with Crippen LogP contribution in [0.5, 0.6) is 0 Å². The Hall–Kier alpha value is -6.06. The quantitative estimate of drug-likeness (QED) is 0.210. The minimum Gasteiger partial charge on any atom is -0.308 e. The Kier molecular flexibility index (Phi) is 5.82. The first-order chi connectivity index (χ1) is 22.3. The molecule has 9 rings (SSSR count). The molecule has 0 saturated carbocycles. The van der Waals surface area contributed by atoms with Crippen LogP contribution in [0.2, 0.25) is 0 Å². The SMILES string of the molecule is c1ccc(-c2ccc(-c3ccc4c(ccc5c6ccc(-c7cccnc7)cc6n(-c6cccc7ccccc67)c45)c3)cc2)nc1. The molecular formula is C42H27N3. The van der Waals surface area contributed by atoms with Crippen molar-refractivity contribution in [2.24, 2.45) is 0 Å². The van der Waals surface area contributed by atoms with Gasteiger partial charge in [-0.25, -0.2) is 0 Å². The predicted octanol–water partition coefficient (Wildman–Crippen LogP) is 10.9. The number of fused-ring (bicyclic) bond motifs is 6. The highest BCUT2D eigenvalue weighted by Gasteiger charge is 2.18. The first kappa shape index (κ1) is 25.4. The summed E-state index contributed by atoms with van der Waals surface area (Å²) < 4.78 is 2.47. The highest BCUT2D eigenvalue weighted by molar-refractivity contribution is 6.20. The summed E-state index contributed by atoms with van der Waals surface area (Å²) in [4.78, 5) is 8.90. The van der Waals surface area contributed by atoms with Gasteiger partial charge in [-0.05, 0) is 63.9 Å². The molecule has 0 spiro atoms. The van der Waals surface area contributed by atoms with Gasteiger partial charge in [0.05, 0.1) is 22.4 Å². The van der Waals surface area contributed by atoms with Crippen molar-refractivity contribution >= 4 is 43.4 Å². The molecule has 0 aliphatic rings. The standard InChI is InChI=1S/C42H27N3/c1-2-10-35-29(7-1)8-5-12-40(35)45-41-26-32(34-9-6-23-43-27-34)18-21-37(41)38-22-19-33-25-31(17-20-36(33)42(38)45)28-13-15-30(16-14-28)39-11-3-4-24-44-39/h1-27H. The zero-order chi connectivity index (χ0) is 29.7. The number of rotatable bonds is 4. The summed E-state index contributed by atoms with van der Waals surface area (Å²) in [5.74, 6) is 0. The molecule has 0 fully saturated rings. The molecule has 210 valence electrons. The van der Waals surface area contributed by atoms with Crippen LogP contribution < -0.4 is 0 Å². The fraction of sp³-hybridized carbons (Fsp3) is 0. The lowest BCUT2D eigenvalue weighted by atomic mass is 9.98. The Bertz CT molecular complexity index is 2510. The van der Waals surface area contributed by atoms with Gasteiger partial charge in [-0.2, -0.15) is 0 Å². The van der Waals surface area contributed by atoms with Gasteiger partial charge >= 0.3 is 0 Å². The van der Waals surface area contributed by atoms with E-state index in [-0.39, 0.29) is 0 Å². The molecular weight excluding hydrogens is 546 g/mol. The number of pyridine rings is 2. The van der Waals surface area contributed by atoms with E-state index in [0.29, 0.717) is 0 Å². The number of hydrogen-bond acceptors (Lipinski definition) is 2. The summed E-state index contributed by atoms with van der Waals surface area (Å²) in [5, 5.41) is 7.38. The van der Waals surface area contributed by atoms with Crippen molar-refractivity contribution in [2.75, 3.05) is 0 Å². The van der Waals surface area contributed by atoms with Gasteiger partial charge < -0.3 is 4.57 Å². The van der Waals surface area contributed by atoms with E-state index >= 15 is 0 Å². The van der Waals surface area contributed by atoms with Gasteiger partial charge in [0, 0.05) is 51.3 Å². The molecule has 9 aromatic rings. The van der Waals surface area contributed by atoms with Crippen molar-refractivity contribution in [1.29, 1.82) is 0 Å². The van der Waals surface area contributed by atoms with Crippen LogP contribution in [-0.4, -0.2) is 14.5 Å². The van der Waals surface area contributed by atoms with Crippen LogP contribution in [0.25, 0.3) is 82.5 Å². The second-order valence-corrected chi connectivity index (χ2v) is 11.5. The topological polar surface area (TPSA) is 30.7 Å². The van der Waals surface area contributed by atoms with Gasteiger partial charge in [-0.15, -0.1) is 0 Å². The molecule has 3 aromatic heterocycles. The van der Waals surface area contributed by atoms with Crippen LogP contribution in [0.1, 0.15) is 0 Å². The van der Waals surface area contributed by atoms with Gasteiger partial charge in [-0.3, -0.25) is 9.97 Å². The Morgan fingerprint density at radius 1 is 0.422 bits per heavy atom. The highest BCUT2D eigenvalue weighted by atomic mass is 15.0. The van der Waals surface area contributed by atoms with E-state index in [1.807, 2.05) is 42.9 Å². The summed E-state index contributed by atoms with van der Waals surface area (Å²) >= 11 is 0. The molecule has 0 unspecified atom stereocenters. The van der Waals surface area contributed by atoms with Crippen molar-refractivity contribution in [1.82, 2.24) is 14.5 Å². The van der Waals surface area contributed by atoms with Crippen LogP contribution in [0.3, 0.4) is 0 Å². The van der Waals surface area contributed by atoms with Crippen LogP contribution in [0, 0.1) is 0 Å². The number of aromatic nitrogens is 3. The largest absolute Gasteiger partial charge is 0.308 e. The second kappa shape index (κ2) is 10.3. The Labute approximate surface area is 260 Å². The first-order valence-electron chi connectivity index (χ1n) is 15.2. The van der Waals surface area contributed by atoms with Gasteiger partial charge in [0.1, 0.15) is 0 Å². The van der Waals surface area contributed by atoms with Crippen molar-refractivity contribution < 1.29 is 0 Å². The summed E-state index contributed by atoms with van der Waals surface area (Å²) in [6.45, 7) is 0. The molecule has 0 amide bonds. The average Bonchev–Trinajstić information content (AvgIpc) is 3.46. The molecule has 0 aliphatic carbocycles. The number of nitrogens with zero attached hydrogens (tertiary/aromatic N) is 3. The zero-order valence-electron chi connectivity index (χ0n) is 24.4. The summed E-state index contributed by atoms with van der Waals surface area (Å²) in [6.07, 6.45) is 5.60. The molecule has 0 bridgehead atoms. The first-order valence-corrected chi connectivity index (χ1v) is 15.2. The third-order valence-electron chi connectivity index (χ3n) is 8.93. The fourth-order valence-corrected chi connectivity index (χ4v) is 6.75. The molecule has 0 atom stereocenters. The minimum atomic E-state index is 0.984. The maximum atomic E-state index is 4.51. The zero-order valence-corrected chi connectivity index (χ0v) is 24.4. The monoisotopic (exact) mass is 573 g/mol. The Morgan fingerprint density at radius 2 is 1.18 bits per heavy atom. The Balaban J connectivity index is 1.28. The Morgan fingerprint density at radius 3 is 2.02 bits per heavy atom. The molecule has 0 radical (unpaired) electrons. The molecule has 45 heavy (non-hydrogen) atoms. The lowest BCUT2D eigenvalue weighted by Crippen LogP contribution is -1.96. The number of benzene rings is 6. The molecule has 3 nitrogen and oxygen atoms in total. The fourth-order valence-electron chi connectivity index (χ4n) is 6.75. The van der Waals surface area contributed by atoms with E-state index in [0.717, 1.165) is 22.4 Å². The summed E-state index contributed by atoms with van der Waals surface area (Å²) in [5.41, 5.74) is 10.3. The average molecular weight is 574 g/mol. The third kappa shape index (κ3) is 4.21. The molecule has 3 heteroatoms. The summed E-state index contributed by atoms with van der Waals surface area (Å²) in [7, 11) is 0. The van der Waals surface area contributed by atoms with E-state index < -0.39 is 0 Å². The molecule has 0 aliphatic heterocycles. The third-order valence-corrected chi connectivity index (χ3v) is 8.93. The number of hydrogen-bond donors (Lipinski definition) is 0. The van der Waals surface area contributed by atoms with Gasteiger partial charge in [0.2, 0.25) is 0 Å². The maximum absolute atomic E-state index is 4.51.